The molecule has 224 valence electrons. The maximum atomic E-state index is 13.0. The van der Waals surface area contributed by atoms with Gasteiger partial charge in [-0.05, 0) is 43.7 Å². The second kappa shape index (κ2) is 12.4. The number of aromatic nitrogens is 8. The number of hydrogen-bond donors (Lipinski definition) is 3. The van der Waals surface area contributed by atoms with Crippen LogP contribution in [0.5, 0.6) is 0 Å². The highest BCUT2D eigenvalue weighted by molar-refractivity contribution is 5.78. The summed E-state index contributed by atoms with van der Waals surface area (Å²) in [6.45, 7) is 3.83. The molecule has 0 aliphatic heterocycles. The van der Waals surface area contributed by atoms with E-state index in [1.807, 2.05) is 50.2 Å². The molecule has 0 saturated carbocycles. The van der Waals surface area contributed by atoms with Crippen LogP contribution in [0.3, 0.4) is 0 Å². The zero-order valence-electron chi connectivity index (χ0n) is 24.2. The number of nitrogens with one attached hydrogen (secondary N) is 2. The summed E-state index contributed by atoms with van der Waals surface area (Å²) in [6.07, 6.45) is 4.84. The second-order valence-corrected chi connectivity index (χ2v) is 10.2. The Morgan fingerprint density at radius 3 is 2.55 bits per heavy atom. The second-order valence-electron chi connectivity index (χ2n) is 10.2. The van der Waals surface area contributed by atoms with E-state index in [2.05, 4.69) is 30.8 Å². The lowest BCUT2D eigenvalue weighted by molar-refractivity contribution is 0.103. The molecule has 14 nitrogen and oxygen atoms in total. The number of rotatable bonds is 11. The Balaban J connectivity index is 1.39. The minimum atomic E-state index is -0.492. The Labute approximate surface area is 251 Å². The number of hydrogen-bond acceptors (Lipinski definition) is 12. The number of methoxy groups -OCH3 is 1. The molecule has 0 spiro atoms. The standard InChI is InChI=1S/C30H30N10O4/c1-18(2)40-26-21(29(42)39(40)17-43-3)11-12-24(34-26)35-30-32-15-22(28-38-37-27(44-28)20-10-7-13-31-14-20)25(36-30)33-23(16-41)19-8-5-4-6-9-19/h4-15,18,23,41H,16-17H2,1-3H3,(H2,32,33,34,35,36)/t23-/m1/s1. The molecule has 44 heavy (non-hydrogen) atoms. The van der Waals surface area contributed by atoms with E-state index >= 15 is 0 Å². The van der Waals surface area contributed by atoms with Gasteiger partial charge in [0.15, 0.2) is 5.65 Å². The molecule has 5 heterocycles. The van der Waals surface area contributed by atoms with Gasteiger partial charge in [0.25, 0.3) is 11.4 Å². The van der Waals surface area contributed by atoms with Crippen LogP contribution in [-0.4, -0.2) is 58.3 Å². The van der Waals surface area contributed by atoms with Crippen LogP contribution >= 0.6 is 0 Å². The van der Waals surface area contributed by atoms with Crippen molar-refractivity contribution in [2.24, 2.45) is 0 Å². The predicted molar refractivity (Wildman–Crippen MR) is 163 cm³/mol. The van der Waals surface area contributed by atoms with E-state index in [1.165, 1.54) is 11.8 Å². The number of aliphatic hydroxyl groups excluding tert-OH is 1. The molecule has 6 rings (SSSR count). The van der Waals surface area contributed by atoms with E-state index < -0.39 is 6.04 Å². The first kappa shape index (κ1) is 28.6. The number of pyridine rings is 2. The molecular formula is C30H30N10O4. The summed E-state index contributed by atoms with van der Waals surface area (Å²) in [5.74, 6) is 1.46. The van der Waals surface area contributed by atoms with Gasteiger partial charge in [-0.25, -0.2) is 14.6 Å². The first-order chi connectivity index (χ1) is 21.5. The Morgan fingerprint density at radius 2 is 1.82 bits per heavy atom. The summed E-state index contributed by atoms with van der Waals surface area (Å²) in [5, 5.41) is 25.6. The molecule has 0 bridgehead atoms. The average molecular weight is 595 g/mol. The first-order valence-electron chi connectivity index (χ1n) is 13.9. The van der Waals surface area contributed by atoms with E-state index in [-0.39, 0.29) is 42.7 Å². The zero-order chi connectivity index (χ0) is 30.6. The van der Waals surface area contributed by atoms with Crippen LogP contribution in [0.25, 0.3) is 33.9 Å². The third-order valence-electron chi connectivity index (χ3n) is 6.85. The highest BCUT2D eigenvalue weighted by Gasteiger charge is 2.21. The van der Waals surface area contributed by atoms with Crippen molar-refractivity contribution in [2.45, 2.75) is 32.7 Å². The van der Waals surface area contributed by atoms with Gasteiger partial charge in [-0.15, -0.1) is 10.2 Å². The van der Waals surface area contributed by atoms with E-state index in [0.717, 1.165) is 5.56 Å². The summed E-state index contributed by atoms with van der Waals surface area (Å²) in [7, 11) is 1.54. The molecule has 1 aromatic carbocycles. The first-order valence-corrected chi connectivity index (χ1v) is 13.9. The molecule has 14 heteroatoms. The predicted octanol–water partition coefficient (Wildman–Crippen LogP) is 4.17. The normalized spacial score (nSPS) is 12.1. The van der Waals surface area contributed by atoms with Gasteiger partial charge in [-0.3, -0.25) is 14.5 Å². The molecular weight excluding hydrogens is 564 g/mol. The van der Waals surface area contributed by atoms with E-state index in [0.29, 0.717) is 33.8 Å². The Kier molecular flexibility index (Phi) is 8.08. The molecule has 0 aliphatic carbocycles. The SMILES string of the molecule is COCn1c(=O)c2ccc(Nc3ncc(-c4nnc(-c5cccnc5)o4)c(N[C@H](CO)c4ccccc4)n3)nc2n1C(C)C. The summed E-state index contributed by atoms with van der Waals surface area (Å²) >= 11 is 0. The summed E-state index contributed by atoms with van der Waals surface area (Å²) < 4.78 is 14.5. The van der Waals surface area contributed by atoms with Gasteiger partial charge < -0.3 is 24.9 Å². The van der Waals surface area contributed by atoms with Crippen molar-refractivity contribution in [3.8, 4) is 22.9 Å². The zero-order valence-corrected chi connectivity index (χ0v) is 24.2. The number of anilines is 3. The van der Waals surface area contributed by atoms with Crippen molar-refractivity contribution in [1.29, 1.82) is 0 Å². The quantitative estimate of drug-likeness (QED) is 0.196. The molecule has 0 radical (unpaired) electrons. The molecule has 6 aromatic rings. The summed E-state index contributed by atoms with van der Waals surface area (Å²) in [6, 6.07) is 16.0. The average Bonchev–Trinajstić information content (AvgIpc) is 3.64. The van der Waals surface area contributed by atoms with E-state index in [4.69, 9.17) is 19.1 Å². The van der Waals surface area contributed by atoms with Crippen molar-refractivity contribution < 1.29 is 14.3 Å². The molecule has 1 atom stereocenters. The van der Waals surface area contributed by atoms with Crippen LogP contribution in [0, 0.1) is 0 Å². The number of aliphatic hydroxyl groups is 1. The highest BCUT2D eigenvalue weighted by atomic mass is 16.5. The van der Waals surface area contributed by atoms with Crippen molar-refractivity contribution in [3.63, 3.8) is 0 Å². The van der Waals surface area contributed by atoms with Crippen LogP contribution in [0.2, 0.25) is 0 Å². The number of ether oxygens (including phenoxy) is 1. The van der Waals surface area contributed by atoms with Gasteiger partial charge in [-0.1, -0.05) is 30.3 Å². The van der Waals surface area contributed by atoms with Crippen molar-refractivity contribution in [1.82, 2.24) is 39.5 Å². The summed E-state index contributed by atoms with van der Waals surface area (Å²) in [5.41, 5.74) is 2.26. The molecule has 0 unspecified atom stereocenters. The molecule has 3 N–H and O–H groups in total. The third kappa shape index (κ3) is 5.63. The molecule has 0 fully saturated rings. The van der Waals surface area contributed by atoms with Gasteiger partial charge in [0.2, 0.25) is 11.8 Å². The Morgan fingerprint density at radius 1 is 1.00 bits per heavy atom. The van der Waals surface area contributed by atoms with Crippen molar-refractivity contribution in [3.05, 3.63) is 89.1 Å². The van der Waals surface area contributed by atoms with Gasteiger partial charge >= 0.3 is 0 Å². The minimum Gasteiger partial charge on any atom is -0.416 e. The largest absolute Gasteiger partial charge is 0.416 e. The van der Waals surface area contributed by atoms with Crippen LogP contribution in [0.4, 0.5) is 17.6 Å². The molecule has 0 saturated heterocycles. The van der Waals surface area contributed by atoms with Crippen LogP contribution < -0.4 is 16.2 Å². The van der Waals surface area contributed by atoms with Gasteiger partial charge in [-0.2, -0.15) is 4.98 Å². The lowest BCUT2D eigenvalue weighted by Gasteiger charge is -2.19. The Hall–Kier alpha value is -5.47. The minimum absolute atomic E-state index is 0.0520. The lowest BCUT2D eigenvalue weighted by atomic mass is 10.1. The fourth-order valence-electron chi connectivity index (χ4n) is 4.82. The number of nitrogens with zero attached hydrogens (tertiary/aromatic N) is 8. The number of fused-ring (bicyclic) bond motifs is 1. The van der Waals surface area contributed by atoms with E-state index in [1.54, 1.807) is 41.5 Å². The monoisotopic (exact) mass is 594 g/mol. The topological polar surface area (TPSA) is 171 Å². The van der Waals surface area contributed by atoms with Gasteiger partial charge in [0.1, 0.15) is 18.4 Å². The van der Waals surface area contributed by atoms with Crippen molar-refractivity contribution in [2.75, 3.05) is 24.4 Å². The lowest BCUT2D eigenvalue weighted by Crippen LogP contribution is -2.25. The molecule has 5 aromatic heterocycles. The third-order valence-corrected chi connectivity index (χ3v) is 6.85. The van der Waals surface area contributed by atoms with Crippen molar-refractivity contribution >= 4 is 28.6 Å². The van der Waals surface area contributed by atoms with Crippen LogP contribution in [0.1, 0.15) is 31.5 Å². The van der Waals surface area contributed by atoms with E-state index in [9.17, 15) is 9.90 Å². The Bertz CT molecular complexity index is 1940. The number of benzene rings is 1. The van der Waals surface area contributed by atoms with Gasteiger partial charge in [0.05, 0.1) is 29.2 Å². The van der Waals surface area contributed by atoms with Crippen LogP contribution in [-0.2, 0) is 11.5 Å². The molecule has 0 aliphatic rings. The fourth-order valence-corrected chi connectivity index (χ4v) is 4.82. The maximum Gasteiger partial charge on any atom is 0.278 e. The fraction of sp³-hybridized carbons (Fsp3) is 0.233. The summed E-state index contributed by atoms with van der Waals surface area (Å²) in [4.78, 5) is 31.0. The maximum absolute atomic E-state index is 13.0. The van der Waals surface area contributed by atoms with Gasteiger partial charge in [0, 0.05) is 31.7 Å². The smallest absolute Gasteiger partial charge is 0.278 e. The molecule has 0 amide bonds. The van der Waals surface area contributed by atoms with Crippen LogP contribution in [0.15, 0.2) is 82.4 Å². The highest BCUT2D eigenvalue weighted by Crippen LogP contribution is 2.31.